The monoisotopic (exact) mass is 222 g/mol. The maximum atomic E-state index is 12.3. The van der Waals surface area contributed by atoms with E-state index in [9.17, 15) is 13.2 Å². The molecule has 2 heterocycles. The Morgan fingerprint density at radius 3 is 2.71 bits per heavy atom. The molecule has 0 aliphatic heterocycles. The molecule has 0 aliphatic carbocycles. The zero-order chi connectivity index (χ0) is 10.3. The average Bonchev–Trinajstić information content (AvgIpc) is 2.50. The Kier molecular flexibility index (Phi) is 1.84. The fraction of sp³-hybridized carbons (Fsp3) is 0.167. The third-order valence-electron chi connectivity index (χ3n) is 1.58. The van der Waals surface area contributed by atoms with Gasteiger partial charge in [-0.3, -0.25) is 0 Å². The molecule has 0 amide bonds. The molecule has 0 N–H and O–H groups in total. The highest BCUT2D eigenvalue weighted by atomic mass is 35.5. The van der Waals surface area contributed by atoms with Gasteiger partial charge in [0.2, 0.25) is 0 Å². The lowest BCUT2D eigenvalue weighted by Crippen LogP contribution is -2.07. The molecule has 2 rings (SSSR count). The zero-order valence-corrected chi connectivity index (χ0v) is 7.21. The summed E-state index contributed by atoms with van der Waals surface area (Å²) in [5.74, 6) is 0. The van der Waals surface area contributed by atoms with Crippen molar-refractivity contribution in [2.24, 2.45) is 0 Å². The third kappa shape index (κ3) is 1.39. The Hall–Kier alpha value is -1.37. The largest absolute Gasteiger partial charge is 0.417 e. The number of alkyl halides is 3. The second-order valence-corrected chi connectivity index (χ2v) is 2.93. The summed E-state index contributed by atoms with van der Waals surface area (Å²) in [6.07, 6.45) is -3.68. The smallest absolute Gasteiger partial charge is 0.199 e. The third-order valence-corrected chi connectivity index (χ3v) is 1.86. The first kappa shape index (κ1) is 9.20. The van der Waals surface area contributed by atoms with Crippen LogP contribution in [0.5, 0.6) is 0 Å². The van der Waals surface area contributed by atoms with Gasteiger partial charge in [0.05, 0.1) is 10.6 Å². The van der Waals surface area contributed by atoms with E-state index in [0.29, 0.717) is 0 Å². The predicted molar refractivity (Wildman–Crippen MR) is 40.8 cm³/mol. The van der Waals surface area contributed by atoms with Crippen molar-refractivity contribution in [2.75, 3.05) is 0 Å². The fourth-order valence-corrected chi connectivity index (χ4v) is 1.20. The number of rotatable bonds is 0. The maximum Gasteiger partial charge on any atom is 0.417 e. The van der Waals surface area contributed by atoms with Gasteiger partial charge in [0.25, 0.3) is 0 Å². The molecule has 0 spiro atoms. The molecule has 14 heavy (non-hydrogen) atoms. The number of fused-ring (bicyclic) bond motifs is 1. The Balaban J connectivity index is 2.70. The summed E-state index contributed by atoms with van der Waals surface area (Å²) in [6, 6.07) is 0.785. The highest BCUT2D eigenvalue weighted by molar-refractivity contribution is 6.33. The first-order chi connectivity index (χ1) is 6.48. The molecule has 74 valence electrons. The van der Waals surface area contributed by atoms with Gasteiger partial charge in [-0.1, -0.05) is 11.6 Å². The second kappa shape index (κ2) is 2.81. The van der Waals surface area contributed by atoms with Crippen LogP contribution in [0.1, 0.15) is 5.56 Å². The average molecular weight is 223 g/mol. The number of halogens is 4. The van der Waals surface area contributed by atoms with Crippen LogP contribution in [-0.4, -0.2) is 20.0 Å². The molecule has 0 aliphatic rings. The van der Waals surface area contributed by atoms with Crippen molar-refractivity contribution in [3.05, 3.63) is 22.8 Å². The van der Waals surface area contributed by atoms with Gasteiger partial charge in [-0.05, 0) is 16.5 Å². The topological polar surface area (TPSA) is 43.1 Å². The van der Waals surface area contributed by atoms with Crippen molar-refractivity contribution in [1.29, 1.82) is 0 Å². The molecular weight excluding hydrogens is 221 g/mol. The van der Waals surface area contributed by atoms with Crippen molar-refractivity contribution < 1.29 is 13.2 Å². The van der Waals surface area contributed by atoms with E-state index in [-0.39, 0.29) is 10.7 Å². The molecule has 0 aromatic carbocycles. The summed E-state index contributed by atoms with van der Waals surface area (Å²) in [5, 5.41) is 9.83. The van der Waals surface area contributed by atoms with E-state index in [1.165, 1.54) is 0 Å². The molecule has 0 atom stereocenters. The summed E-state index contributed by atoms with van der Waals surface area (Å²) < 4.78 is 37.7. The van der Waals surface area contributed by atoms with E-state index >= 15 is 0 Å². The first-order valence-corrected chi connectivity index (χ1v) is 3.81. The Morgan fingerprint density at radius 2 is 2.07 bits per heavy atom. The van der Waals surface area contributed by atoms with Crippen molar-refractivity contribution in [3.8, 4) is 0 Å². The molecule has 0 radical (unpaired) electrons. The highest BCUT2D eigenvalue weighted by Gasteiger charge is 2.32. The van der Waals surface area contributed by atoms with Crippen LogP contribution in [0.25, 0.3) is 5.65 Å². The van der Waals surface area contributed by atoms with Gasteiger partial charge in [-0.2, -0.15) is 17.7 Å². The molecule has 0 fully saturated rings. The number of nitrogens with zero attached hydrogens (tertiary/aromatic N) is 4. The van der Waals surface area contributed by atoms with Crippen LogP contribution >= 0.6 is 11.6 Å². The predicted octanol–water partition coefficient (Wildman–Crippen LogP) is 1.80. The van der Waals surface area contributed by atoms with Gasteiger partial charge in [-0.25, -0.2) is 0 Å². The van der Waals surface area contributed by atoms with E-state index in [2.05, 4.69) is 15.5 Å². The maximum absolute atomic E-state index is 12.3. The second-order valence-electron chi connectivity index (χ2n) is 2.52. The minimum atomic E-state index is -4.45. The zero-order valence-electron chi connectivity index (χ0n) is 6.46. The van der Waals surface area contributed by atoms with Crippen LogP contribution in [0, 0.1) is 0 Å². The van der Waals surface area contributed by atoms with E-state index in [1.807, 2.05) is 0 Å². The van der Waals surface area contributed by atoms with Gasteiger partial charge < -0.3 is 0 Å². The number of hydrogen-bond acceptors (Lipinski definition) is 3. The van der Waals surface area contributed by atoms with Gasteiger partial charge in [0.15, 0.2) is 5.65 Å². The van der Waals surface area contributed by atoms with Crippen LogP contribution in [0.3, 0.4) is 0 Å². The Bertz CT molecular complexity index is 477. The fourth-order valence-electron chi connectivity index (χ4n) is 0.963. The van der Waals surface area contributed by atoms with Crippen molar-refractivity contribution in [3.63, 3.8) is 0 Å². The molecular formula is C6H2ClF3N4. The lowest BCUT2D eigenvalue weighted by molar-refractivity contribution is -0.137. The van der Waals surface area contributed by atoms with Crippen LogP contribution in [0.15, 0.2) is 12.3 Å². The van der Waals surface area contributed by atoms with Crippen molar-refractivity contribution >= 4 is 17.2 Å². The summed E-state index contributed by atoms with van der Waals surface area (Å²) in [4.78, 5) is 0. The summed E-state index contributed by atoms with van der Waals surface area (Å²) >= 11 is 5.55. The SMILES string of the molecule is FC(F)(F)c1cc(Cl)c2nnnn2c1. The van der Waals surface area contributed by atoms with E-state index < -0.39 is 11.7 Å². The summed E-state index contributed by atoms with van der Waals surface area (Å²) in [7, 11) is 0. The number of hydrogen-bond donors (Lipinski definition) is 0. The lowest BCUT2D eigenvalue weighted by atomic mass is 10.3. The highest BCUT2D eigenvalue weighted by Crippen LogP contribution is 2.31. The van der Waals surface area contributed by atoms with Crippen LogP contribution in [0.4, 0.5) is 13.2 Å². The molecule has 8 heteroatoms. The van der Waals surface area contributed by atoms with Gasteiger partial charge in [0, 0.05) is 6.20 Å². The van der Waals surface area contributed by atoms with Gasteiger partial charge in [0.1, 0.15) is 0 Å². The number of pyridine rings is 1. The Morgan fingerprint density at radius 1 is 1.36 bits per heavy atom. The molecule has 0 saturated carbocycles. The molecule has 2 aromatic heterocycles. The summed E-state index contributed by atoms with van der Waals surface area (Å²) in [5.41, 5.74) is -0.790. The van der Waals surface area contributed by atoms with Gasteiger partial charge >= 0.3 is 6.18 Å². The minimum absolute atomic E-state index is 0.0969. The standard InChI is InChI=1S/C6H2ClF3N4/c7-4-1-3(6(8,9)10)2-14-5(4)11-12-13-14/h1-2H. The number of aromatic nitrogens is 4. The molecule has 4 nitrogen and oxygen atoms in total. The first-order valence-electron chi connectivity index (χ1n) is 3.43. The van der Waals surface area contributed by atoms with Crippen LogP contribution < -0.4 is 0 Å². The molecule has 0 saturated heterocycles. The lowest BCUT2D eigenvalue weighted by Gasteiger charge is -2.06. The van der Waals surface area contributed by atoms with Crippen molar-refractivity contribution in [2.45, 2.75) is 6.18 Å². The molecule has 0 bridgehead atoms. The van der Waals surface area contributed by atoms with Gasteiger partial charge in [-0.15, -0.1) is 5.10 Å². The number of tetrazole rings is 1. The van der Waals surface area contributed by atoms with Crippen LogP contribution in [-0.2, 0) is 6.18 Å². The minimum Gasteiger partial charge on any atom is -0.199 e. The molecule has 2 aromatic rings. The van der Waals surface area contributed by atoms with E-state index in [4.69, 9.17) is 11.6 Å². The normalized spacial score (nSPS) is 12.3. The van der Waals surface area contributed by atoms with E-state index in [1.54, 1.807) is 0 Å². The van der Waals surface area contributed by atoms with Crippen molar-refractivity contribution in [1.82, 2.24) is 20.0 Å². The summed E-state index contributed by atoms with van der Waals surface area (Å²) in [6.45, 7) is 0. The Labute approximate surface area is 80.3 Å². The molecule has 0 unspecified atom stereocenters. The quantitative estimate of drug-likeness (QED) is 0.683. The van der Waals surface area contributed by atoms with E-state index in [0.717, 1.165) is 16.8 Å². The van der Waals surface area contributed by atoms with Crippen LogP contribution in [0.2, 0.25) is 5.02 Å².